The first-order valence-electron chi connectivity index (χ1n) is 4.79. The van der Waals surface area contributed by atoms with Gasteiger partial charge in [-0.05, 0) is 18.2 Å². The van der Waals surface area contributed by atoms with E-state index < -0.39 is 0 Å². The smallest absolute Gasteiger partial charge is 0.222 e. The first-order chi connectivity index (χ1) is 8.58. The minimum absolute atomic E-state index is 0.169. The van der Waals surface area contributed by atoms with Gasteiger partial charge in [0.05, 0.1) is 16.7 Å². The molecular weight excluding hydrogens is 295 g/mol. The molecule has 0 aliphatic heterocycles. The Balaban J connectivity index is 2.37. The molecule has 0 amide bonds. The van der Waals surface area contributed by atoms with Crippen LogP contribution in [0.5, 0.6) is 11.6 Å². The number of ether oxygens (including phenoxy) is 1. The highest BCUT2D eigenvalue weighted by molar-refractivity contribution is 6.34. The van der Waals surface area contributed by atoms with Gasteiger partial charge in [-0.15, -0.1) is 0 Å². The molecule has 18 heavy (non-hydrogen) atoms. The fourth-order valence-corrected chi connectivity index (χ4v) is 1.78. The van der Waals surface area contributed by atoms with Crippen molar-refractivity contribution in [3.63, 3.8) is 0 Å². The number of hydrogen-bond acceptors (Lipinski definition) is 3. The highest BCUT2D eigenvalue weighted by Crippen LogP contribution is 2.31. The van der Waals surface area contributed by atoms with Crippen molar-refractivity contribution in [2.24, 2.45) is 0 Å². The molecule has 0 spiro atoms. The lowest BCUT2D eigenvalue weighted by atomic mass is 10.3. The molecule has 90 valence electrons. The topological polar surface area (TPSA) is 45.9 Å². The van der Waals surface area contributed by atoms with Crippen molar-refractivity contribution in [3.8, 4) is 17.7 Å². The Bertz CT molecular complexity index is 638. The van der Waals surface area contributed by atoms with E-state index in [0.717, 1.165) is 0 Å². The van der Waals surface area contributed by atoms with Gasteiger partial charge in [-0.1, -0.05) is 34.8 Å². The Hall–Kier alpha value is -1.47. The second-order valence-electron chi connectivity index (χ2n) is 3.31. The molecule has 0 aliphatic carbocycles. The summed E-state index contributed by atoms with van der Waals surface area (Å²) in [5, 5.41) is 9.85. The van der Waals surface area contributed by atoms with Crippen LogP contribution in [0.1, 0.15) is 5.56 Å². The van der Waals surface area contributed by atoms with Gasteiger partial charge < -0.3 is 4.74 Å². The third-order valence-corrected chi connectivity index (χ3v) is 2.75. The molecule has 0 unspecified atom stereocenters. The van der Waals surface area contributed by atoms with E-state index in [2.05, 4.69) is 4.98 Å². The molecule has 1 aromatic heterocycles. The molecule has 1 heterocycles. The maximum atomic E-state index is 8.81. The summed E-state index contributed by atoms with van der Waals surface area (Å²) in [6, 6.07) is 9.66. The Morgan fingerprint density at radius 1 is 1.11 bits per heavy atom. The van der Waals surface area contributed by atoms with Crippen LogP contribution in [-0.2, 0) is 0 Å². The number of rotatable bonds is 2. The Labute approximate surface area is 118 Å². The van der Waals surface area contributed by atoms with E-state index in [4.69, 9.17) is 44.8 Å². The van der Waals surface area contributed by atoms with Crippen LogP contribution in [0.3, 0.4) is 0 Å². The first-order valence-corrected chi connectivity index (χ1v) is 5.92. The number of nitrogens with zero attached hydrogens (tertiary/aromatic N) is 2. The number of halogens is 3. The molecule has 0 saturated carbocycles. The molecule has 3 nitrogen and oxygen atoms in total. The van der Waals surface area contributed by atoms with Gasteiger partial charge in [0.15, 0.2) is 0 Å². The monoisotopic (exact) mass is 298 g/mol. The van der Waals surface area contributed by atoms with Gasteiger partial charge in [0.2, 0.25) is 5.88 Å². The zero-order valence-corrected chi connectivity index (χ0v) is 11.1. The lowest BCUT2D eigenvalue weighted by molar-refractivity contribution is 0.463. The molecule has 0 fully saturated rings. The molecular formula is C12H5Cl3N2O. The number of aromatic nitrogens is 1. The highest BCUT2D eigenvalue weighted by atomic mass is 35.5. The van der Waals surface area contributed by atoms with E-state index in [1.807, 2.05) is 6.07 Å². The molecule has 1 aromatic carbocycles. The molecule has 0 aliphatic rings. The van der Waals surface area contributed by atoms with Crippen LogP contribution in [0.25, 0.3) is 0 Å². The predicted molar refractivity (Wildman–Crippen MR) is 70.5 cm³/mol. The third kappa shape index (κ3) is 3.05. The Morgan fingerprint density at radius 2 is 1.89 bits per heavy atom. The number of pyridine rings is 1. The summed E-state index contributed by atoms with van der Waals surface area (Å²) < 4.78 is 5.45. The van der Waals surface area contributed by atoms with Crippen molar-refractivity contribution in [1.29, 1.82) is 5.26 Å². The standard InChI is InChI=1S/C12H5Cl3N2O/c13-8-1-2-9(14)10(5-8)18-12-4-7(6-16)3-11(15)17-12/h1-5H. The van der Waals surface area contributed by atoms with E-state index in [0.29, 0.717) is 21.4 Å². The number of nitriles is 1. The molecule has 2 aromatic rings. The van der Waals surface area contributed by atoms with Crippen molar-refractivity contribution < 1.29 is 4.74 Å². The maximum Gasteiger partial charge on any atom is 0.222 e. The SMILES string of the molecule is N#Cc1cc(Cl)nc(Oc2cc(Cl)ccc2Cl)c1. The second-order valence-corrected chi connectivity index (χ2v) is 4.54. The highest BCUT2D eigenvalue weighted by Gasteiger charge is 2.07. The molecule has 0 N–H and O–H groups in total. The average molecular weight is 300 g/mol. The summed E-state index contributed by atoms with van der Waals surface area (Å²) in [6.45, 7) is 0. The minimum atomic E-state index is 0.169. The third-order valence-electron chi connectivity index (χ3n) is 2.01. The number of hydrogen-bond donors (Lipinski definition) is 0. The first kappa shape index (κ1) is 13.0. The van der Waals surface area contributed by atoms with Crippen molar-refractivity contribution in [1.82, 2.24) is 4.98 Å². The molecule has 0 atom stereocenters. The van der Waals surface area contributed by atoms with E-state index in [-0.39, 0.29) is 11.0 Å². The van der Waals surface area contributed by atoms with Gasteiger partial charge in [0, 0.05) is 17.2 Å². The van der Waals surface area contributed by atoms with Gasteiger partial charge in [0.1, 0.15) is 10.9 Å². The van der Waals surface area contributed by atoms with E-state index in [9.17, 15) is 0 Å². The zero-order valence-electron chi connectivity index (χ0n) is 8.82. The Morgan fingerprint density at radius 3 is 2.61 bits per heavy atom. The van der Waals surface area contributed by atoms with Gasteiger partial charge in [-0.2, -0.15) is 5.26 Å². The average Bonchev–Trinajstić information content (AvgIpc) is 2.33. The van der Waals surface area contributed by atoms with E-state index in [1.54, 1.807) is 18.2 Å². The van der Waals surface area contributed by atoms with Crippen LogP contribution in [0, 0.1) is 11.3 Å². The summed E-state index contributed by atoms with van der Waals surface area (Å²) in [4.78, 5) is 3.94. The van der Waals surface area contributed by atoms with Gasteiger partial charge >= 0.3 is 0 Å². The van der Waals surface area contributed by atoms with Gasteiger partial charge in [-0.25, -0.2) is 4.98 Å². The minimum Gasteiger partial charge on any atom is -0.437 e. The maximum absolute atomic E-state index is 8.81. The van der Waals surface area contributed by atoms with Crippen molar-refractivity contribution in [3.05, 3.63) is 51.1 Å². The van der Waals surface area contributed by atoms with E-state index >= 15 is 0 Å². The van der Waals surface area contributed by atoms with Crippen molar-refractivity contribution in [2.75, 3.05) is 0 Å². The summed E-state index contributed by atoms with van der Waals surface area (Å²) >= 11 is 17.6. The lowest BCUT2D eigenvalue weighted by Gasteiger charge is -2.07. The molecule has 0 saturated heterocycles. The van der Waals surface area contributed by atoms with Crippen LogP contribution >= 0.6 is 34.8 Å². The van der Waals surface area contributed by atoms with Crippen LogP contribution in [0.2, 0.25) is 15.2 Å². The molecule has 0 radical (unpaired) electrons. The van der Waals surface area contributed by atoms with Crippen LogP contribution in [0.15, 0.2) is 30.3 Å². The van der Waals surface area contributed by atoms with Crippen molar-refractivity contribution in [2.45, 2.75) is 0 Å². The van der Waals surface area contributed by atoms with E-state index in [1.165, 1.54) is 12.1 Å². The predicted octanol–water partition coefficient (Wildman–Crippen LogP) is 4.71. The summed E-state index contributed by atoms with van der Waals surface area (Å²) in [5.74, 6) is 0.533. The zero-order chi connectivity index (χ0) is 13.1. The summed E-state index contributed by atoms with van der Waals surface area (Å²) in [5.41, 5.74) is 0.350. The molecule has 2 rings (SSSR count). The van der Waals surface area contributed by atoms with Crippen molar-refractivity contribution >= 4 is 34.8 Å². The van der Waals surface area contributed by atoms with Crippen LogP contribution in [0.4, 0.5) is 0 Å². The fraction of sp³-hybridized carbons (Fsp3) is 0. The largest absolute Gasteiger partial charge is 0.437 e. The van der Waals surface area contributed by atoms with Gasteiger partial charge in [0.25, 0.3) is 0 Å². The number of benzene rings is 1. The van der Waals surface area contributed by atoms with Crippen LogP contribution < -0.4 is 4.74 Å². The van der Waals surface area contributed by atoms with Gasteiger partial charge in [-0.3, -0.25) is 0 Å². The summed E-state index contributed by atoms with van der Waals surface area (Å²) in [6.07, 6.45) is 0. The molecule has 0 bridgehead atoms. The normalized spacial score (nSPS) is 9.89. The fourth-order valence-electron chi connectivity index (χ4n) is 1.26. The quantitative estimate of drug-likeness (QED) is 0.755. The molecule has 6 heteroatoms. The van der Waals surface area contributed by atoms with Crippen LogP contribution in [-0.4, -0.2) is 4.98 Å². The second kappa shape index (κ2) is 5.45. The Kier molecular flexibility index (Phi) is 3.93. The lowest BCUT2D eigenvalue weighted by Crippen LogP contribution is -1.90. The summed E-state index contributed by atoms with van der Waals surface area (Å²) in [7, 11) is 0.